The molecule has 1 N–H and O–H groups in total. The molecule has 2 unspecified atom stereocenters. The van der Waals surface area contributed by atoms with Crippen molar-refractivity contribution >= 4 is 34.7 Å². The highest BCUT2D eigenvalue weighted by atomic mass is 35.5. The Hall–Kier alpha value is -3.33. The van der Waals surface area contributed by atoms with E-state index in [0.29, 0.717) is 40.5 Å². The standard InChI is InChI=1S/C27H24ClF3N2O4/c1-13-22(25(35)33-17-9-15(27(29,30)31)5-6-16(17)28)23(14-4-7-20-21(8-14)37-12-36-20)24-18(32-13)10-26(2,3)11-19(24)34/h4-9,22-23H,10-12H2,1-3H3,(H,33,35). The minimum Gasteiger partial charge on any atom is -0.454 e. The second-order valence-electron chi connectivity index (χ2n) is 10.3. The summed E-state index contributed by atoms with van der Waals surface area (Å²) in [5, 5.41) is 2.52. The van der Waals surface area contributed by atoms with Crippen molar-refractivity contribution in [2.75, 3.05) is 12.1 Å². The highest BCUT2D eigenvalue weighted by molar-refractivity contribution is 6.34. The number of Topliss-reactive ketones (excluding diaryl/α,β-unsaturated/α-hetero) is 1. The van der Waals surface area contributed by atoms with Gasteiger partial charge >= 0.3 is 6.18 Å². The summed E-state index contributed by atoms with van der Waals surface area (Å²) in [6.07, 6.45) is -3.77. The van der Waals surface area contributed by atoms with Crippen molar-refractivity contribution in [1.29, 1.82) is 0 Å². The SMILES string of the molecule is CC1=NC2=C(C(=O)CC(C)(C)C2)C(c2ccc3c(c2)OCO3)C1C(=O)Nc1cc(C(F)(F)F)ccc1Cl. The van der Waals surface area contributed by atoms with E-state index in [1.54, 1.807) is 25.1 Å². The van der Waals surface area contributed by atoms with Crippen LogP contribution in [0.1, 0.15) is 50.7 Å². The maximum atomic E-state index is 13.7. The Morgan fingerprint density at radius 3 is 2.57 bits per heavy atom. The molecule has 0 saturated heterocycles. The van der Waals surface area contributed by atoms with Crippen LogP contribution < -0.4 is 14.8 Å². The van der Waals surface area contributed by atoms with E-state index in [4.69, 9.17) is 21.1 Å². The number of hydrogen-bond acceptors (Lipinski definition) is 5. The van der Waals surface area contributed by atoms with Crippen LogP contribution in [-0.4, -0.2) is 24.2 Å². The lowest BCUT2D eigenvalue weighted by Gasteiger charge is -2.39. The predicted octanol–water partition coefficient (Wildman–Crippen LogP) is 6.54. The van der Waals surface area contributed by atoms with Gasteiger partial charge in [-0.15, -0.1) is 0 Å². The number of aliphatic imine (C=N–C) groups is 1. The van der Waals surface area contributed by atoms with Crippen LogP contribution in [0.3, 0.4) is 0 Å². The molecule has 10 heteroatoms. The van der Waals surface area contributed by atoms with E-state index in [9.17, 15) is 22.8 Å². The smallest absolute Gasteiger partial charge is 0.416 e. The van der Waals surface area contributed by atoms with Crippen molar-refractivity contribution in [2.45, 2.75) is 45.7 Å². The summed E-state index contributed by atoms with van der Waals surface area (Å²) in [4.78, 5) is 31.8. The number of rotatable bonds is 3. The number of benzene rings is 2. The van der Waals surface area contributed by atoms with Crippen LogP contribution in [-0.2, 0) is 15.8 Å². The molecule has 6 nitrogen and oxygen atoms in total. The van der Waals surface area contributed by atoms with Gasteiger partial charge in [-0.3, -0.25) is 14.6 Å². The van der Waals surface area contributed by atoms with Crippen molar-refractivity contribution < 1.29 is 32.2 Å². The number of amides is 1. The molecule has 1 aliphatic carbocycles. The second-order valence-corrected chi connectivity index (χ2v) is 10.7. The van der Waals surface area contributed by atoms with E-state index >= 15 is 0 Å². The van der Waals surface area contributed by atoms with E-state index in [1.165, 1.54) is 0 Å². The second kappa shape index (κ2) is 8.90. The van der Waals surface area contributed by atoms with Gasteiger partial charge in [0.1, 0.15) is 0 Å². The van der Waals surface area contributed by atoms with Gasteiger partial charge in [0, 0.05) is 29.3 Å². The Balaban J connectivity index is 1.59. The number of carbonyl (C=O) groups excluding carboxylic acids is 2. The third kappa shape index (κ3) is 4.72. The zero-order valence-electron chi connectivity index (χ0n) is 20.3. The molecule has 0 saturated carbocycles. The van der Waals surface area contributed by atoms with E-state index in [1.807, 2.05) is 13.8 Å². The van der Waals surface area contributed by atoms with Gasteiger partial charge in [-0.2, -0.15) is 13.2 Å². The molecule has 0 radical (unpaired) electrons. The number of halogens is 4. The molecule has 1 amide bonds. The predicted molar refractivity (Wildman–Crippen MR) is 132 cm³/mol. The quantitative estimate of drug-likeness (QED) is 0.486. The van der Waals surface area contributed by atoms with Gasteiger partial charge in [-0.05, 0) is 54.7 Å². The van der Waals surface area contributed by atoms with Crippen LogP contribution >= 0.6 is 11.6 Å². The lowest BCUT2D eigenvalue weighted by molar-refractivity contribution is -0.137. The monoisotopic (exact) mass is 532 g/mol. The number of alkyl halides is 3. The Morgan fingerprint density at radius 1 is 1.11 bits per heavy atom. The van der Waals surface area contributed by atoms with Gasteiger partial charge in [0.15, 0.2) is 17.3 Å². The van der Waals surface area contributed by atoms with Crippen LogP contribution in [0.2, 0.25) is 5.02 Å². The van der Waals surface area contributed by atoms with Crippen LogP contribution in [0.15, 0.2) is 52.7 Å². The molecule has 0 aromatic heterocycles. The number of hydrogen-bond donors (Lipinski definition) is 1. The molecule has 0 bridgehead atoms. The number of anilines is 1. The number of ketones is 1. The Kier molecular flexibility index (Phi) is 6.09. The normalized spacial score (nSPS) is 22.5. The molecule has 194 valence electrons. The third-order valence-electron chi connectivity index (χ3n) is 6.89. The van der Waals surface area contributed by atoms with Gasteiger partial charge in [-0.1, -0.05) is 31.5 Å². The highest BCUT2D eigenvalue weighted by Gasteiger charge is 2.46. The zero-order chi connectivity index (χ0) is 26.7. The number of fused-ring (bicyclic) bond motifs is 1. The number of nitrogens with one attached hydrogen (secondary N) is 1. The lowest BCUT2D eigenvalue weighted by atomic mass is 9.66. The van der Waals surface area contributed by atoms with Gasteiger partial charge in [-0.25, -0.2) is 0 Å². The summed E-state index contributed by atoms with van der Waals surface area (Å²) >= 11 is 6.14. The fourth-order valence-corrected chi connectivity index (χ4v) is 5.42. The largest absolute Gasteiger partial charge is 0.454 e. The molecule has 3 aliphatic rings. The van der Waals surface area contributed by atoms with E-state index < -0.39 is 29.5 Å². The van der Waals surface area contributed by atoms with Gasteiger partial charge in [0.2, 0.25) is 12.7 Å². The minimum absolute atomic E-state index is 0.0400. The fourth-order valence-electron chi connectivity index (χ4n) is 5.26. The number of carbonyl (C=O) groups is 2. The molecule has 2 aliphatic heterocycles. The van der Waals surface area contributed by atoms with E-state index in [-0.39, 0.29) is 35.1 Å². The first-order valence-electron chi connectivity index (χ1n) is 11.7. The Bertz CT molecular complexity index is 1380. The van der Waals surface area contributed by atoms with Crippen LogP contribution in [0.4, 0.5) is 18.9 Å². The Morgan fingerprint density at radius 2 is 1.84 bits per heavy atom. The first-order valence-corrected chi connectivity index (χ1v) is 12.1. The lowest BCUT2D eigenvalue weighted by Crippen LogP contribution is -2.41. The van der Waals surface area contributed by atoms with Crippen LogP contribution in [0.5, 0.6) is 11.5 Å². The maximum absolute atomic E-state index is 13.7. The van der Waals surface area contributed by atoms with Crippen molar-refractivity contribution in [3.8, 4) is 11.5 Å². The molecule has 2 atom stereocenters. The maximum Gasteiger partial charge on any atom is 0.416 e. The summed E-state index contributed by atoms with van der Waals surface area (Å²) in [5.74, 6) is -1.37. The first kappa shape index (κ1) is 25.3. The third-order valence-corrected chi connectivity index (χ3v) is 7.22. The Labute approximate surface area is 216 Å². The molecular formula is C27H24ClF3N2O4. The highest BCUT2D eigenvalue weighted by Crippen LogP contribution is 2.49. The molecule has 0 spiro atoms. The molecular weight excluding hydrogens is 509 g/mol. The molecule has 2 aromatic rings. The van der Waals surface area contributed by atoms with Gasteiger partial charge in [0.25, 0.3) is 0 Å². The molecule has 0 fully saturated rings. The topological polar surface area (TPSA) is 77.0 Å². The summed E-state index contributed by atoms with van der Waals surface area (Å²) in [6.45, 7) is 5.73. The van der Waals surface area contributed by atoms with Gasteiger partial charge in [0.05, 0.1) is 22.2 Å². The van der Waals surface area contributed by atoms with Crippen molar-refractivity contribution in [2.24, 2.45) is 16.3 Å². The van der Waals surface area contributed by atoms with Crippen molar-refractivity contribution in [1.82, 2.24) is 0 Å². The average Bonchev–Trinajstić information content (AvgIpc) is 3.25. The van der Waals surface area contributed by atoms with E-state index in [0.717, 1.165) is 18.2 Å². The fraction of sp³-hybridized carbons (Fsp3) is 0.370. The number of nitrogens with zero attached hydrogens (tertiary/aromatic N) is 1. The molecule has 37 heavy (non-hydrogen) atoms. The van der Waals surface area contributed by atoms with E-state index in [2.05, 4.69) is 10.3 Å². The molecule has 2 heterocycles. The summed E-state index contributed by atoms with van der Waals surface area (Å²) in [5.41, 5.74) is 0.765. The summed E-state index contributed by atoms with van der Waals surface area (Å²) < 4.78 is 50.8. The van der Waals surface area contributed by atoms with Crippen LogP contribution in [0.25, 0.3) is 0 Å². The summed E-state index contributed by atoms with van der Waals surface area (Å²) in [6, 6.07) is 7.95. The first-order chi connectivity index (χ1) is 17.3. The van der Waals surface area contributed by atoms with Crippen molar-refractivity contribution in [3.05, 3.63) is 63.8 Å². The van der Waals surface area contributed by atoms with Crippen LogP contribution in [0, 0.1) is 11.3 Å². The van der Waals surface area contributed by atoms with Gasteiger partial charge < -0.3 is 14.8 Å². The molecule has 2 aromatic carbocycles. The molecule has 5 rings (SSSR count). The number of allylic oxidation sites excluding steroid dienone is 2. The summed E-state index contributed by atoms with van der Waals surface area (Å²) in [7, 11) is 0. The number of ether oxygens (including phenoxy) is 2. The zero-order valence-corrected chi connectivity index (χ0v) is 21.1. The average molecular weight is 533 g/mol. The van der Waals surface area contributed by atoms with Crippen molar-refractivity contribution in [3.63, 3.8) is 0 Å². The minimum atomic E-state index is -4.61.